The summed E-state index contributed by atoms with van der Waals surface area (Å²) in [5, 5.41) is 0. The highest BCUT2D eigenvalue weighted by Crippen LogP contribution is 2.27. The average Bonchev–Trinajstić information content (AvgIpc) is 3.09. The molecule has 21 heavy (non-hydrogen) atoms. The molecule has 7 heteroatoms. The number of carbonyl (C=O) groups excluding carboxylic acids is 1. The van der Waals surface area contributed by atoms with E-state index in [-0.39, 0.29) is 10.7 Å². The van der Waals surface area contributed by atoms with Crippen molar-refractivity contribution in [1.82, 2.24) is 9.55 Å². The number of nitrogens with zero attached hydrogens (tertiary/aromatic N) is 3. The quantitative estimate of drug-likeness (QED) is 0.806. The Balaban J connectivity index is 2.02. The topological polar surface area (TPSA) is 72.3 Å². The van der Waals surface area contributed by atoms with Gasteiger partial charge in [-0.05, 0) is 12.1 Å². The minimum Gasteiger partial charge on any atom is -0.315 e. The van der Waals surface area contributed by atoms with E-state index >= 15 is 0 Å². The van der Waals surface area contributed by atoms with Crippen LogP contribution in [-0.4, -0.2) is 30.3 Å². The molecular formula is C14H15N3O3S. The molecule has 0 saturated carbocycles. The molecular weight excluding hydrogens is 290 g/mol. The molecule has 0 radical (unpaired) electrons. The standard InChI is InChI=1S/C14H15N3O3S/c1-2-13(18)11-4-3-5-12(10-11)21(19,20)17-9-8-16-7-6-15-14(16)17/h3-7,10H,2,8-9H2,1H3. The Morgan fingerprint density at radius 2 is 2.14 bits per heavy atom. The lowest BCUT2D eigenvalue weighted by molar-refractivity contribution is 0.0988. The van der Waals surface area contributed by atoms with Crippen molar-refractivity contribution in [3.05, 3.63) is 42.2 Å². The number of carbonyl (C=O) groups is 1. The van der Waals surface area contributed by atoms with Gasteiger partial charge < -0.3 is 4.57 Å². The van der Waals surface area contributed by atoms with Gasteiger partial charge in [0.1, 0.15) is 0 Å². The number of anilines is 1. The van der Waals surface area contributed by atoms with Gasteiger partial charge in [-0.1, -0.05) is 19.1 Å². The van der Waals surface area contributed by atoms with E-state index in [1.54, 1.807) is 36.0 Å². The number of rotatable bonds is 4. The lowest BCUT2D eigenvalue weighted by Crippen LogP contribution is -2.29. The highest BCUT2D eigenvalue weighted by atomic mass is 32.2. The Morgan fingerprint density at radius 3 is 2.90 bits per heavy atom. The smallest absolute Gasteiger partial charge is 0.266 e. The lowest BCUT2D eigenvalue weighted by atomic mass is 10.1. The van der Waals surface area contributed by atoms with Gasteiger partial charge in [-0.15, -0.1) is 0 Å². The summed E-state index contributed by atoms with van der Waals surface area (Å²) in [6.07, 6.45) is 3.67. The SMILES string of the molecule is CCC(=O)c1cccc(S(=O)(=O)N2CCn3ccnc32)c1. The van der Waals surface area contributed by atoms with Crippen LogP contribution in [0.4, 0.5) is 5.95 Å². The van der Waals surface area contributed by atoms with Crippen molar-refractivity contribution in [3.8, 4) is 0 Å². The number of fused-ring (bicyclic) bond motifs is 1. The minimum atomic E-state index is -3.69. The van der Waals surface area contributed by atoms with E-state index in [1.165, 1.54) is 16.4 Å². The van der Waals surface area contributed by atoms with Crippen LogP contribution in [0.1, 0.15) is 23.7 Å². The third kappa shape index (κ3) is 2.23. The molecule has 0 aliphatic carbocycles. The molecule has 110 valence electrons. The molecule has 1 aromatic heterocycles. The zero-order valence-corrected chi connectivity index (χ0v) is 12.4. The summed E-state index contributed by atoms with van der Waals surface area (Å²) in [6, 6.07) is 6.17. The second-order valence-corrected chi connectivity index (χ2v) is 6.66. The van der Waals surface area contributed by atoms with Crippen molar-refractivity contribution in [2.75, 3.05) is 10.8 Å². The number of aromatic nitrogens is 2. The fraction of sp³-hybridized carbons (Fsp3) is 0.286. The maximum atomic E-state index is 12.7. The summed E-state index contributed by atoms with van der Waals surface area (Å²) in [4.78, 5) is 16.0. The molecule has 6 nitrogen and oxygen atoms in total. The molecule has 1 aliphatic heterocycles. The maximum Gasteiger partial charge on any atom is 0.266 e. The second-order valence-electron chi connectivity index (χ2n) is 4.80. The molecule has 0 atom stereocenters. The first-order valence-electron chi connectivity index (χ1n) is 6.71. The van der Waals surface area contributed by atoms with Crippen LogP contribution in [0.15, 0.2) is 41.6 Å². The van der Waals surface area contributed by atoms with Crippen molar-refractivity contribution < 1.29 is 13.2 Å². The zero-order chi connectivity index (χ0) is 15.0. The first-order valence-corrected chi connectivity index (χ1v) is 8.15. The van der Waals surface area contributed by atoms with Crippen LogP contribution in [0.3, 0.4) is 0 Å². The van der Waals surface area contributed by atoms with E-state index in [0.717, 1.165) is 0 Å². The summed E-state index contributed by atoms with van der Waals surface area (Å²) in [5.74, 6) is 0.345. The number of ketones is 1. The Morgan fingerprint density at radius 1 is 1.33 bits per heavy atom. The molecule has 0 bridgehead atoms. The predicted molar refractivity (Wildman–Crippen MR) is 77.8 cm³/mol. The zero-order valence-electron chi connectivity index (χ0n) is 11.6. The van der Waals surface area contributed by atoms with E-state index in [0.29, 0.717) is 31.0 Å². The van der Waals surface area contributed by atoms with Crippen LogP contribution in [0.2, 0.25) is 0 Å². The van der Waals surface area contributed by atoms with Gasteiger partial charge in [0.2, 0.25) is 5.95 Å². The molecule has 0 saturated heterocycles. The number of imidazole rings is 1. The van der Waals surface area contributed by atoms with Gasteiger partial charge in [0.25, 0.3) is 10.0 Å². The lowest BCUT2D eigenvalue weighted by Gasteiger charge is -2.16. The van der Waals surface area contributed by atoms with Crippen molar-refractivity contribution in [3.63, 3.8) is 0 Å². The first-order chi connectivity index (χ1) is 10.0. The van der Waals surface area contributed by atoms with Gasteiger partial charge >= 0.3 is 0 Å². The number of sulfonamides is 1. The van der Waals surface area contributed by atoms with Crippen LogP contribution < -0.4 is 4.31 Å². The molecule has 2 heterocycles. The predicted octanol–water partition coefficient (Wildman–Crippen LogP) is 1.68. The summed E-state index contributed by atoms with van der Waals surface area (Å²) in [7, 11) is -3.69. The van der Waals surface area contributed by atoms with Gasteiger partial charge in [0.15, 0.2) is 5.78 Å². The number of Topliss-reactive ketones (excluding diaryl/α,β-unsaturated/α-hetero) is 1. The third-order valence-electron chi connectivity index (χ3n) is 3.53. The normalized spacial score (nSPS) is 14.2. The van der Waals surface area contributed by atoms with E-state index < -0.39 is 10.0 Å². The average molecular weight is 305 g/mol. The van der Waals surface area contributed by atoms with Crippen molar-refractivity contribution in [2.24, 2.45) is 0 Å². The summed E-state index contributed by atoms with van der Waals surface area (Å²) in [5.41, 5.74) is 0.418. The van der Waals surface area contributed by atoms with Crippen molar-refractivity contribution in [1.29, 1.82) is 0 Å². The number of hydrogen-bond acceptors (Lipinski definition) is 4. The van der Waals surface area contributed by atoms with E-state index in [2.05, 4.69) is 4.98 Å². The van der Waals surface area contributed by atoms with Crippen LogP contribution >= 0.6 is 0 Å². The van der Waals surface area contributed by atoms with Gasteiger partial charge in [0, 0.05) is 30.9 Å². The maximum absolute atomic E-state index is 12.7. The molecule has 0 N–H and O–H groups in total. The number of benzene rings is 1. The second kappa shape index (κ2) is 5.00. The summed E-state index contributed by atoms with van der Waals surface area (Å²) in [6.45, 7) is 2.69. The molecule has 1 aliphatic rings. The Kier molecular flexibility index (Phi) is 3.29. The van der Waals surface area contributed by atoms with Crippen molar-refractivity contribution >= 4 is 21.8 Å². The third-order valence-corrected chi connectivity index (χ3v) is 5.30. The fourth-order valence-electron chi connectivity index (χ4n) is 2.39. The van der Waals surface area contributed by atoms with E-state index in [4.69, 9.17) is 0 Å². The highest BCUT2D eigenvalue weighted by Gasteiger charge is 2.32. The largest absolute Gasteiger partial charge is 0.315 e. The molecule has 0 fully saturated rings. The van der Waals surface area contributed by atoms with Gasteiger partial charge in [-0.25, -0.2) is 17.7 Å². The molecule has 0 amide bonds. The first kappa shape index (κ1) is 13.8. The minimum absolute atomic E-state index is 0.0741. The summed E-state index contributed by atoms with van der Waals surface area (Å²) < 4.78 is 28.5. The van der Waals surface area contributed by atoms with Crippen LogP contribution in [0, 0.1) is 0 Å². The molecule has 0 spiro atoms. The molecule has 2 aromatic rings. The Hall–Kier alpha value is -2.15. The highest BCUT2D eigenvalue weighted by molar-refractivity contribution is 7.92. The number of hydrogen-bond donors (Lipinski definition) is 0. The van der Waals surface area contributed by atoms with Crippen LogP contribution in [-0.2, 0) is 16.6 Å². The van der Waals surface area contributed by atoms with Crippen molar-refractivity contribution in [2.45, 2.75) is 24.8 Å². The van der Waals surface area contributed by atoms with Gasteiger partial charge in [0.05, 0.1) is 11.4 Å². The fourth-order valence-corrected chi connectivity index (χ4v) is 3.86. The Bertz CT molecular complexity index is 795. The van der Waals surface area contributed by atoms with E-state index in [1.807, 2.05) is 0 Å². The van der Waals surface area contributed by atoms with Crippen LogP contribution in [0.5, 0.6) is 0 Å². The van der Waals surface area contributed by atoms with E-state index in [9.17, 15) is 13.2 Å². The molecule has 0 unspecified atom stereocenters. The van der Waals surface area contributed by atoms with Gasteiger partial charge in [-0.2, -0.15) is 0 Å². The Labute approximate surface area is 123 Å². The monoisotopic (exact) mass is 305 g/mol. The molecule has 1 aromatic carbocycles. The molecule has 3 rings (SSSR count). The summed E-state index contributed by atoms with van der Waals surface area (Å²) >= 11 is 0. The van der Waals surface area contributed by atoms with Crippen LogP contribution in [0.25, 0.3) is 0 Å². The van der Waals surface area contributed by atoms with Gasteiger partial charge in [-0.3, -0.25) is 4.79 Å².